The quantitative estimate of drug-likeness (QED) is 0.839. The van der Waals surface area contributed by atoms with Crippen molar-refractivity contribution in [2.45, 2.75) is 56.7 Å². The zero-order valence-corrected chi connectivity index (χ0v) is 14.7. The topological polar surface area (TPSA) is 54.9 Å². The summed E-state index contributed by atoms with van der Waals surface area (Å²) >= 11 is 4.85. The van der Waals surface area contributed by atoms with Crippen LogP contribution in [0.3, 0.4) is 0 Å². The minimum Gasteiger partial charge on any atom is -0.351 e. The van der Waals surface area contributed by atoms with Crippen molar-refractivity contribution in [1.82, 2.24) is 14.9 Å². The van der Waals surface area contributed by atoms with Gasteiger partial charge in [-0.25, -0.2) is 0 Å². The molecule has 112 valence electrons. The first-order valence-corrected chi connectivity index (χ1v) is 8.82. The van der Waals surface area contributed by atoms with E-state index in [0.717, 1.165) is 12.2 Å². The smallest absolute Gasteiger partial charge is 0.264 e. The lowest BCUT2D eigenvalue weighted by Gasteiger charge is -2.25. The molecule has 0 spiro atoms. The molecule has 0 atom stereocenters. The van der Waals surface area contributed by atoms with Gasteiger partial charge in [0.1, 0.15) is 4.88 Å². The van der Waals surface area contributed by atoms with Crippen LogP contribution in [0, 0.1) is 5.92 Å². The number of rotatable bonds is 3. The number of hydrogen-bond acceptors (Lipinski definition) is 4. The van der Waals surface area contributed by atoms with Gasteiger partial charge in [0, 0.05) is 16.8 Å². The Hall–Kier alpha value is -0.490. The van der Waals surface area contributed by atoms with Gasteiger partial charge in [-0.1, -0.05) is 41.2 Å². The maximum absolute atomic E-state index is 12.3. The van der Waals surface area contributed by atoms with Gasteiger partial charge in [-0.2, -0.15) is 0 Å². The van der Waals surface area contributed by atoms with Crippen LogP contribution in [0.15, 0.2) is 0 Å². The first kappa shape index (κ1) is 15.9. The van der Waals surface area contributed by atoms with Gasteiger partial charge < -0.3 is 5.32 Å². The van der Waals surface area contributed by atoms with Gasteiger partial charge in [0.2, 0.25) is 0 Å². The van der Waals surface area contributed by atoms with E-state index in [-0.39, 0.29) is 11.3 Å². The number of carbonyl (C=O) groups excluding carboxylic acids is 1. The minimum atomic E-state index is -0.145. The first-order valence-electron chi connectivity index (χ1n) is 7.13. The second kappa shape index (κ2) is 6.52. The fraction of sp³-hybridized carbons (Fsp3) is 0.786. The third-order valence-corrected chi connectivity index (χ3v) is 5.37. The lowest BCUT2D eigenvalue weighted by molar-refractivity contribution is 0.0945. The summed E-state index contributed by atoms with van der Waals surface area (Å²) in [7, 11) is 0. The van der Waals surface area contributed by atoms with Crippen molar-refractivity contribution in [1.29, 1.82) is 0 Å². The molecule has 20 heavy (non-hydrogen) atoms. The Morgan fingerprint density at radius 1 is 1.35 bits per heavy atom. The highest BCUT2D eigenvalue weighted by Gasteiger charge is 2.27. The molecule has 2 rings (SSSR count). The van der Waals surface area contributed by atoms with Gasteiger partial charge in [-0.15, -0.1) is 5.10 Å². The zero-order chi connectivity index (χ0) is 14.8. The van der Waals surface area contributed by atoms with E-state index in [9.17, 15) is 4.79 Å². The van der Waals surface area contributed by atoms with Crippen molar-refractivity contribution in [3.63, 3.8) is 0 Å². The van der Waals surface area contributed by atoms with Crippen molar-refractivity contribution in [3.8, 4) is 0 Å². The third kappa shape index (κ3) is 4.01. The molecule has 1 amide bonds. The van der Waals surface area contributed by atoms with Crippen molar-refractivity contribution in [2.75, 3.05) is 6.54 Å². The molecule has 1 aliphatic rings. The highest BCUT2D eigenvalue weighted by Crippen LogP contribution is 2.29. The largest absolute Gasteiger partial charge is 0.351 e. The molecule has 0 radical (unpaired) electrons. The van der Waals surface area contributed by atoms with Crippen LogP contribution in [0.5, 0.6) is 0 Å². The lowest BCUT2D eigenvalue weighted by atomic mass is 9.89. The van der Waals surface area contributed by atoms with Gasteiger partial charge in [-0.05, 0) is 43.1 Å². The molecule has 6 heteroatoms. The first-order chi connectivity index (χ1) is 9.38. The molecule has 0 saturated heterocycles. The minimum absolute atomic E-state index is 0.0223. The van der Waals surface area contributed by atoms with Crippen LogP contribution < -0.4 is 5.32 Å². The summed E-state index contributed by atoms with van der Waals surface area (Å²) in [6, 6.07) is 0. The molecule has 1 N–H and O–H groups in total. The molecule has 1 fully saturated rings. The number of hydrogen-bond donors (Lipinski definition) is 1. The number of nitrogens with zero attached hydrogens (tertiary/aromatic N) is 2. The van der Waals surface area contributed by atoms with Crippen molar-refractivity contribution in [3.05, 3.63) is 10.6 Å². The van der Waals surface area contributed by atoms with Crippen LogP contribution in [-0.4, -0.2) is 26.9 Å². The number of halogens is 1. The monoisotopic (exact) mass is 359 g/mol. The fourth-order valence-corrected chi connectivity index (χ4v) is 3.79. The number of nitrogens with one attached hydrogen (secondary N) is 1. The Labute approximate surface area is 133 Å². The van der Waals surface area contributed by atoms with Gasteiger partial charge >= 0.3 is 0 Å². The summed E-state index contributed by atoms with van der Waals surface area (Å²) in [5, 5.41) is 7.17. The average molecular weight is 360 g/mol. The number of alkyl halides is 1. The fourth-order valence-electron chi connectivity index (χ4n) is 2.47. The van der Waals surface area contributed by atoms with E-state index in [2.05, 4.69) is 51.6 Å². The number of amides is 1. The Bertz CT molecular complexity index is 461. The molecule has 0 bridgehead atoms. The number of carbonyl (C=O) groups is 1. The predicted octanol–water partition coefficient (Wildman–Crippen LogP) is 3.52. The summed E-state index contributed by atoms with van der Waals surface area (Å²) in [5.41, 5.74) is 0.650. The van der Waals surface area contributed by atoms with Crippen LogP contribution >= 0.6 is 27.5 Å². The molecule has 1 saturated carbocycles. The highest BCUT2D eigenvalue weighted by molar-refractivity contribution is 9.09. The SMILES string of the molecule is CC(C)(C)c1nnsc1C(=O)NCC1CCC(Br)CC1. The number of aromatic nitrogens is 2. The van der Waals surface area contributed by atoms with Crippen LogP contribution in [0.4, 0.5) is 0 Å². The van der Waals surface area contributed by atoms with Crippen LogP contribution in [0.2, 0.25) is 0 Å². The summed E-state index contributed by atoms with van der Waals surface area (Å²) in [4.78, 5) is 13.6. The van der Waals surface area contributed by atoms with E-state index >= 15 is 0 Å². The predicted molar refractivity (Wildman–Crippen MR) is 85.6 cm³/mol. The van der Waals surface area contributed by atoms with Crippen LogP contribution in [0.1, 0.15) is 61.8 Å². The van der Waals surface area contributed by atoms with Crippen LogP contribution in [-0.2, 0) is 5.41 Å². The average Bonchev–Trinajstić information content (AvgIpc) is 2.87. The van der Waals surface area contributed by atoms with E-state index in [1.54, 1.807) is 0 Å². The molecule has 0 unspecified atom stereocenters. The molecular formula is C14H22BrN3OS. The van der Waals surface area contributed by atoms with E-state index in [1.165, 1.54) is 37.2 Å². The zero-order valence-electron chi connectivity index (χ0n) is 12.3. The van der Waals surface area contributed by atoms with Gasteiger partial charge in [-0.3, -0.25) is 4.79 Å². The van der Waals surface area contributed by atoms with E-state index < -0.39 is 0 Å². The molecule has 1 aromatic heterocycles. The van der Waals surface area contributed by atoms with Gasteiger partial charge in [0.15, 0.2) is 0 Å². The maximum atomic E-state index is 12.3. The summed E-state index contributed by atoms with van der Waals surface area (Å²) in [6.07, 6.45) is 4.78. The van der Waals surface area contributed by atoms with Gasteiger partial charge in [0.05, 0.1) is 5.69 Å². The maximum Gasteiger partial charge on any atom is 0.264 e. The van der Waals surface area contributed by atoms with E-state index in [1.807, 2.05) is 0 Å². The highest BCUT2D eigenvalue weighted by atomic mass is 79.9. The summed E-state index contributed by atoms with van der Waals surface area (Å²) in [6.45, 7) is 6.92. The Kier molecular flexibility index (Phi) is 5.18. The van der Waals surface area contributed by atoms with Crippen LogP contribution in [0.25, 0.3) is 0 Å². The summed E-state index contributed by atoms with van der Waals surface area (Å²) < 4.78 is 3.94. The second-order valence-electron chi connectivity index (χ2n) is 6.53. The molecule has 0 aromatic carbocycles. The Morgan fingerprint density at radius 2 is 2.00 bits per heavy atom. The van der Waals surface area contributed by atoms with E-state index in [0.29, 0.717) is 15.6 Å². The molecule has 0 aliphatic heterocycles. The van der Waals surface area contributed by atoms with Crippen molar-refractivity contribution in [2.24, 2.45) is 5.92 Å². The standard InChI is InChI=1S/C14H22BrN3OS/c1-14(2,3)12-11(20-18-17-12)13(19)16-8-9-4-6-10(15)7-5-9/h9-10H,4-8H2,1-3H3,(H,16,19). The molecule has 1 aliphatic carbocycles. The second-order valence-corrected chi connectivity index (χ2v) is 8.58. The third-order valence-electron chi connectivity index (χ3n) is 3.73. The molecule has 1 heterocycles. The normalized spacial score (nSPS) is 23.6. The van der Waals surface area contributed by atoms with Crippen molar-refractivity contribution >= 4 is 33.4 Å². The molecular weight excluding hydrogens is 338 g/mol. The Morgan fingerprint density at radius 3 is 2.60 bits per heavy atom. The van der Waals surface area contributed by atoms with E-state index in [4.69, 9.17) is 0 Å². The summed E-state index contributed by atoms with van der Waals surface area (Å²) in [5.74, 6) is 0.581. The molecule has 1 aromatic rings. The lowest BCUT2D eigenvalue weighted by Crippen LogP contribution is -2.32. The molecule has 4 nitrogen and oxygen atoms in total. The van der Waals surface area contributed by atoms with Crippen molar-refractivity contribution < 1.29 is 4.79 Å². The van der Waals surface area contributed by atoms with Gasteiger partial charge in [0.25, 0.3) is 5.91 Å². The Balaban J connectivity index is 1.91.